The average molecular weight is 220 g/mol. The fraction of sp³-hybridized carbons (Fsp3) is 1.00. The molecule has 0 aliphatic rings. The fourth-order valence-electron chi connectivity index (χ4n) is 1.67. The van der Waals surface area contributed by atoms with Gasteiger partial charge in [-0.3, -0.25) is 0 Å². The molecule has 0 aliphatic carbocycles. The zero-order valence-corrected chi connectivity index (χ0v) is 11.0. The number of alkyl halides is 1. The normalized spacial score (nSPS) is 15.9. The minimum atomic E-state index is 0.725. The summed E-state index contributed by atoms with van der Waals surface area (Å²) >= 11 is 5.72. The van der Waals surface area contributed by atoms with Crippen LogP contribution in [-0.4, -0.2) is 29.9 Å². The van der Waals surface area contributed by atoms with Crippen molar-refractivity contribution in [2.45, 2.75) is 53.0 Å². The van der Waals surface area contributed by atoms with Crippen LogP contribution in [0.3, 0.4) is 0 Å². The lowest BCUT2D eigenvalue weighted by Crippen LogP contribution is -2.34. The molecule has 2 unspecified atom stereocenters. The zero-order chi connectivity index (χ0) is 11.0. The number of hydrogen-bond donors (Lipinski definition) is 0. The van der Waals surface area contributed by atoms with Crippen LogP contribution in [0, 0.1) is 5.92 Å². The molecule has 0 spiro atoms. The molecule has 0 aromatic heterocycles. The van der Waals surface area contributed by atoms with Crippen LogP contribution in [-0.2, 0) is 0 Å². The van der Waals surface area contributed by atoms with Crippen LogP contribution in [0.15, 0.2) is 0 Å². The van der Waals surface area contributed by atoms with Gasteiger partial charge in [-0.05, 0) is 45.2 Å². The van der Waals surface area contributed by atoms with Crippen molar-refractivity contribution in [1.29, 1.82) is 0 Å². The molecule has 0 saturated carbocycles. The smallest absolute Gasteiger partial charge is 0.0225 e. The Kier molecular flexibility index (Phi) is 8.70. The Morgan fingerprint density at radius 3 is 2.21 bits per heavy atom. The lowest BCUT2D eigenvalue weighted by Gasteiger charge is -2.28. The summed E-state index contributed by atoms with van der Waals surface area (Å²) in [5, 5.41) is 0. The van der Waals surface area contributed by atoms with Gasteiger partial charge in [0.25, 0.3) is 0 Å². The highest BCUT2D eigenvalue weighted by Gasteiger charge is 2.11. The topological polar surface area (TPSA) is 3.24 Å². The number of hydrogen-bond acceptors (Lipinski definition) is 1. The van der Waals surface area contributed by atoms with Crippen molar-refractivity contribution in [3.63, 3.8) is 0 Å². The Balaban J connectivity index is 3.71. The first-order valence-corrected chi connectivity index (χ1v) is 6.49. The van der Waals surface area contributed by atoms with E-state index in [2.05, 4.69) is 32.6 Å². The van der Waals surface area contributed by atoms with Gasteiger partial charge in [0.05, 0.1) is 0 Å². The summed E-state index contributed by atoms with van der Waals surface area (Å²) in [4.78, 5) is 2.56. The van der Waals surface area contributed by atoms with Crippen molar-refractivity contribution < 1.29 is 0 Å². The van der Waals surface area contributed by atoms with Gasteiger partial charge in [-0.15, -0.1) is 11.6 Å². The van der Waals surface area contributed by atoms with Crippen molar-refractivity contribution in [3.05, 3.63) is 0 Å². The highest BCUT2D eigenvalue weighted by atomic mass is 35.5. The molecule has 0 rings (SSSR count). The van der Waals surface area contributed by atoms with Gasteiger partial charge in [0, 0.05) is 11.9 Å². The van der Waals surface area contributed by atoms with Gasteiger partial charge in [-0.1, -0.05) is 20.8 Å². The molecule has 0 fully saturated rings. The molecule has 0 saturated heterocycles. The SMILES string of the molecule is CCC(C)N(CC)CCC(C)CCCl. The second kappa shape index (κ2) is 8.55. The van der Waals surface area contributed by atoms with Gasteiger partial charge in [-0.25, -0.2) is 0 Å². The zero-order valence-electron chi connectivity index (χ0n) is 10.2. The van der Waals surface area contributed by atoms with Gasteiger partial charge >= 0.3 is 0 Å². The monoisotopic (exact) mass is 219 g/mol. The molecule has 0 bridgehead atoms. The first-order chi connectivity index (χ1) is 6.65. The van der Waals surface area contributed by atoms with Crippen molar-refractivity contribution in [2.24, 2.45) is 5.92 Å². The van der Waals surface area contributed by atoms with E-state index in [1.165, 1.54) is 25.9 Å². The summed E-state index contributed by atoms with van der Waals surface area (Å²) < 4.78 is 0. The Morgan fingerprint density at radius 1 is 1.14 bits per heavy atom. The third-order valence-corrected chi connectivity index (χ3v) is 3.35. The standard InChI is InChI=1S/C12H26ClN/c1-5-12(4)14(6-2)10-8-11(3)7-9-13/h11-12H,5-10H2,1-4H3. The number of rotatable bonds is 8. The first kappa shape index (κ1) is 14.2. The van der Waals surface area contributed by atoms with Crippen LogP contribution in [0.2, 0.25) is 0 Å². The Bertz CT molecular complexity index is 127. The predicted molar refractivity (Wildman–Crippen MR) is 66.1 cm³/mol. The second-order valence-electron chi connectivity index (χ2n) is 4.26. The van der Waals surface area contributed by atoms with Crippen molar-refractivity contribution in [1.82, 2.24) is 4.90 Å². The minimum Gasteiger partial charge on any atom is -0.301 e. The van der Waals surface area contributed by atoms with Crippen LogP contribution in [0.4, 0.5) is 0 Å². The Labute approximate surface area is 94.8 Å². The molecule has 0 radical (unpaired) electrons. The van der Waals surface area contributed by atoms with Gasteiger partial charge in [0.15, 0.2) is 0 Å². The van der Waals surface area contributed by atoms with Crippen LogP contribution in [0.25, 0.3) is 0 Å². The number of nitrogens with zero attached hydrogens (tertiary/aromatic N) is 1. The largest absolute Gasteiger partial charge is 0.301 e. The molecular weight excluding hydrogens is 194 g/mol. The van der Waals surface area contributed by atoms with Crippen molar-refractivity contribution in [3.8, 4) is 0 Å². The van der Waals surface area contributed by atoms with Crippen molar-refractivity contribution >= 4 is 11.6 Å². The molecule has 0 heterocycles. The van der Waals surface area contributed by atoms with Crippen LogP contribution >= 0.6 is 11.6 Å². The molecule has 0 N–H and O–H groups in total. The van der Waals surface area contributed by atoms with Crippen LogP contribution in [0.5, 0.6) is 0 Å². The summed E-state index contributed by atoms with van der Waals surface area (Å²) in [6.07, 6.45) is 3.68. The third-order valence-electron chi connectivity index (χ3n) is 3.13. The van der Waals surface area contributed by atoms with E-state index in [4.69, 9.17) is 11.6 Å². The van der Waals surface area contributed by atoms with Crippen LogP contribution in [0.1, 0.15) is 47.0 Å². The molecule has 0 aromatic rings. The molecule has 14 heavy (non-hydrogen) atoms. The summed E-state index contributed by atoms with van der Waals surface area (Å²) in [7, 11) is 0. The lowest BCUT2D eigenvalue weighted by atomic mass is 10.0. The van der Waals surface area contributed by atoms with Crippen LogP contribution < -0.4 is 0 Å². The molecule has 0 aliphatic heterocycles. The predicted octanol–water partition coefficient (Wildman–Crippen LogP) is 3.76. The summed E-state index contributed by atoms with van der Waals surface area (Å²) in [5.41, 5.74) is 0. The highest BCUT2D eigenvalue weighted by Crippen LogP contribution is 2.11. The Morgan fingerprint density at radius 2 is 1.79 bits per heavy atom. The number of halogens is 1. The molecule has 0 amide bonds. The highest BCUT2D eigenvalue weighted by molar-refractivity contribution is 6.17. The van der Waals surface area contributed by atoms with E-state index >= 15 is 0 Å². The summed E-state index contributed by atoms with van der Waals surface area (Å²) in [6.45, 7) is 11.5. The van der Waals surface area contributed by atoms with E-state index in [1.807, 2.05) is 0 Å². The average Bonchev–Trinajstić information content (AvgIpc) is 2.18. The molecule has 2 atom stereocenters. The van der Waals surface area contributed by atoms with Gasteiger partial charge in [0.1, 0.15) is 0 Å². The Hall–Kier alpha value is 0.250. The maximum absolute atomic E-state index is 5.72. The van der Waals surface area contributed by atoms with E-state index in [9.17, 15) is 0 Å². The van der Waals surface area contributed by atoms with Gasteiger partial charge in [0.2, 0.25) is 0 Å². The van der Waals surface area contributed by atoms with Crippen molar-refractivity contribution in [2.75, 3.05) is 19.0 Å². The van der Waals surface area contributed by atoms with E-state index in [0.717, 1.165) is 24.3 Å². The maximum Gasteiger partial charge on any atom is 0.0225 e. The minimum absolute atomic E-state index is 0.725. The van der Waals surface area contributed by atoms with E-state index < -0.39 is 0 Å². The molecular formula is C12H26ClN. The summed E-state index contributed by atoms with van der Waals surface area (Å²) in [6, 6.07) is 0.725. The second-order valence-corrected chi connectivity index (χ2v) is 4.64. The van der Waals surface area contributed by atoms with E-state index in [0.29, 0.717) is 0 Å². The lowest BCUT2D eigenvalue weighted by molar-refractivity contribution is 0.200. The first-order valence-electron chi connectivity index (χ1n) is 5.95. The van der Waals surface area contributed by atoms with E-state index in [1.54, 1.807) is 0 Å². The molecule has 2 heteroatoms. The maximum atomic E-state index is 5.72. The summed E-state index contributed by atoms with van der Waals surface area (Å²) in [5.74, 6) is 1.57. The molecule has 1 nitrogen and oxygen atoms in total. The fourth-order valence-corrected chi connectivity index (χ4v) is 2.04. The molecule has 86 valence electrons. The molecule has 0 aromatic carbocycles. The van der Waals surface area contributed by atoms with E-state index in [-0.39, 0.29) is 0 Å². The quantitative estimate of drug-likeness (QED) is 0.562. The van der Waals surface area contributed by atoms with Gasteiger partial charge in [-0.2, -0.15) is 0 Å². The third kappa shape index (κ3) is 5.87. The van der Waals surface area contributed by atoms with Gasteiger partial charge < -0.3 is 4.90 Å².